The van der Waals surface area contributed by atoms with Crippen LogP contribution < -0.4 is 5.73 Å². The summed E-state index contributed by atoms with van der Waals surface area (Å²) in [6, 6.07) is 5.49. The van der Waals surface area contributed by atoms with Crippen molar-refractivity contribution in [1.29, 1.82) is 0 Å². The summed E-state index contributed by atoms with van der Waals surface area (Å²) < 4.78 is 10.1. The fourth-order valence-electron chi connectivity index (χ4n) is 3.50. The first-order valence-corrected chi connectivity index (χ1v) is 12.5. The second-order valence-corrected chi connectivity index (χ2v) is 8.73. The van der Waals surface area contributed by atoms with Crippen molar-refractivity contribution in [3.05, 3.63) is 29.8 Å². The number of aromatic hydroxyl groups is 1. The van der Waals surface area contributed by atoms with Crippen LogP contribution in [0.4, 0.5) is 0 Å². The minimum absolute atomic E-state index is 0.135. The van der Waals surface area contributed by atoms with Gasteiger partial charge in [-0.05, 0) is 30.5 Å². The van der Waals surface area contributed by atoms with Crippen molar-refractivity contribution in [1.82, 2.24) is 0 Å². The molecule has 0 saturated carbocycles. The van der Waals surface area contributed by atoms with E-state index in [1.165, 1.54) is 63.5 Å². The molecule has 188 valence electrons. The fraction of sp³-hybridized carbons (Fsp3) is 0.692. The zero-order chi connectivity index (χ0) is 24.3. The molecule has 0 fully saturated rings. The van der Waals surface area contributed by atoms with Crippen molar-refractivity contribution in [2.24, 2.45) is 5.73 Å². The maximum absolute atomic E-state index is 12.0. The van der Waals surface area contributed by atoms with Gasteiger partial charge in [0.1, 0.15) is 31.1 Å². The lowest BCUT2D eigenvalue weighted by Crippen LogP contribution is -2.36. The Labute approximate surface area is 198 Å². The molecule has 1 rings (SSSR count). The highest BCUT2D eigenvalue weighted by Crippen LogP contribution is 2.13. The molecule has 33 heavy (non-hydrogen) atoms. The molecule has 0 bridgehead atoms. The number of carbonyl (C=O) groups excluding carboxylic acids is 2. The molecular formula is C26H43NO6. The van der Waals surface area contributed by atoms with E-state index in [4.69, 9.17) is 15.2 Å². The van der Waals surface area contributed by atoms with E-state index in [0.717, 1.165) is 24.8 Å². The van der Waals surface area contributed by atoms with Crippen molar-refractivity contribution in [3.8, 4) is 5.75 Å². The highest BCUT2D eigenvalue weighted by molar-refractivity contribution is 5.76. The lowest BCUT2D eigenvalue weighted by Gasteiger charge is -2.15. The molecule has 0 aliphatic rings. The number of phenolic OH excluding ortho intramolecular Hbond substituents is 1. The number of hydrogen-bond acceptors (Lipinski definition) is 7. The Bertz CT molecular complexity index is 649. The standard InChI is InChI=1S/C26H43NO6/c1-2-3-4-5-6-7-8-9-10-11-12-13-25(30)32-19-23(29)20-33-26(31)24(27)18-21-14-16-22(28)17-15-21/h14-17,23-24,28-29H,2-13,18-20,27H2,1H3/t23?,24-/m0/s1. The van der Waals surface area contributed by atoms with Crippen molar-refractivity contribution in [2.45, 2.75) is 103 Å². The number of rotatable bonds is 19. The molecule has 0 amide bonds. The normalized spacial score (nSPS) is 12.8. The molecule has 0 heterocycles. The summed E-state index contributed by atoms with van der Waals surface area (Å²) in [6.07, 6.45) is 12.8. The van der Waals surface area contributed by atoms with E-state index in [1.807, 2.05) is 0 Å². The zero-order valence-corrected chi connectivity index (χ0v) is 20.2. The maximum Gasteiger partial charge on any atom is 0.323 e. The summed E-state index contributed by atoms with van der Waals surface area (Å²) in [5, 5.41) is 19.2. The molecule has 0 aliphatic carbocycles. The van der Waals surface area contributed by atoms with Gasteiger partial charge in [-0.15, -0.1) is 0 Å². The lowest BCUT2D eigenvalue weighted by molar-refractivity contribution is -0.153. The van der Waals surface area contributed by atoms with Crippen LogP contribution in [0.2, 0.25) is 0 Å². The zero-order valence-electron chi connectivity index (χ0n) is 20.2. The second kappa shape index (κ2) is 18.3. The van der Waals surface area contributed by atoms with Crippen LogP contribution >= 0.6 is 0 Å². The van der Waals surface area contributed by atoms with E-state index in [0.29, 0.717) is 6.42 Å². The second-order valence-electron chi connectivity index (χ2n) is 8.73. The highest BCUT2D eigenvalue weighted by atomic mass is 16.6. The van der Waals surface area contributed by atoms with Gasteiger partial charge in [-0.2, -0.15) is 0 Å². The van der Waals surface area contributed by atoms with Crippen LogP contribution in [0.1, 0.15) is 89.5 Å². The Hall–Kier alpha value is -2.12. The largest absolute Gasteiger partial charge is 0.508 e. The van der Waals surface area contributed by atoms with Crippen LogP contribution in [0, 0.1) is 0 Å². The van der Waals surface area contributed by atoms with Crippen molar-refractivity contribution in [3.63, 3.8) is 0 Å². The predicted octanol–water partition coefficient (Wildman–Crippen LogP) is 4.41. The molecule has 1 unspecified atom stereocenters. The average molecular weight is 466 g/mol. The van der Waals surface area contributed by atoms with Crippen molar-refractivity contribution < 1.29 is 29.3 Å². The Morgan fingerprint density at radius 3 is 1.94 bits per heavy atom. The smallest absolute Gasteiger partial charge is 0.323 e. The number of carbonyl (C=O) groups is 2. The molecule has 2 atom stereocenters. The Balaban J connectivity index is 2.01. The fourth-order valence-corrected chi connectivity index (χ4v) is 3.50. The molecule has 0 aliphatic heterocycles. The predicted molar refractivity (Wildman–Crippen MR) is 129 cm³/mol. The number of aliphatic hydroxyl groups excluding tert-OH is 1. The number of phenols is 1. The summed E-state index contributed by atoms with van der Waals surface area (Å²) in [5.41, 5.74) is 6.61. The Morgan fingerprint density at radius 1 is 0.848 bits per heavy atom. The Kier molecular flexibility index (Phi) is 16.1. The summed E-state index contributed by atoms with van der Waals surface area (Å²) in [6.45, 7) is 1.74. The molecule has 0 radical (unpaired) electrons. The van der Waals surface area contributed by atoms with Gasteiger partial charge in [0.15, 0.2) is 0 Å². The molecule has 1 aromatic rings. The third-order valence-corrected chi connectivity index (χ3v) is 5.53. The molecule has 7 nitrogen and oxygen atoms in total. The number of aliphatic hydroxyl groups is 1. The van der Waals surface area contributed by atoms with E-state index < -0.39 is 18.1 Å². The first kappa shape index (κ1) is 28.9. The van der Waals surface area contributed by atoms with Gasteiger partial charge in [0, 0.05) is 6.42 Å². The quantitative estimate of drug-likeness (QED) is 0.204. The third kappa shape index (κ3) is 15.4. The highest BCUT2D eigenvalue weighted by Gasteiger charge is 2.18. The van der Waals surface area contributed by atoms with Gasteiger partial charge in [-0.25, -0.2) is 0 Å². The number of nitrogens with two attached hydrogens (primary N) is 1. The SMILES string of the molecule is CCCCCCCCCCCCCC(=O)OCC(O)COC(=O)[C@@H](N)Cc1ccc(O)cc1. The van der Waals surface area contributed by atoms with Gasteiger partial charge >= 0.3 is 11.9 Å². The molecule has 4 N–H and O–H groups in total. The first-order valence-electron chi connectivity index (χ1n) is 12.5. The van der Waals surface area contributed by atoms with E-state index >= 15 is 0 Å². The van der Waals surface area contributed by atoms with Gasteiger partial charge in [-0.1, -0.05) is 83.3 Å². The van der Waals surface area contributed by atoms with E-state index in [9.17, 15) is 19.8 Å². The first-order chi connectivity index (χ1) is 15.9. The number of benzene rings is 1. The van der Waals surface area contributed by atoms with Crippen LogP contribution in [0.25, 0.3) is 0 Å². The number of ether oxygens (including phenoxy) is 2. The summed E-state index contributed by atoms with van der Waals surface area (Å²) in [4.78, 5) is 23.8. The monoisotopic (exact) mass is 465 g/mol. The van der Waals surface area contributed by atoms with E-state index in [2.05, 4.69) is 6.92 Å². The Morgan fingerprint density at radius 2 is 1.36 bits per heavy atom. The molecular weight excluding hydrogens is 422 g/mol. The van der Waals surface area contributed by atoms with Gasteiger partial charge < -0.3 is 25.4 Å². The van der Waals surface area contributed by atoms with Crippen molar-refractivity contribution >= 4 is 11.9 Å². The van der Waals surface area contributed by atoms with Crippen LogP contribution in [0.15, 0.2) is 24.3 Å². The lowest BCUT2D eigenvalue weighted by atomic mass is 10.1. The topological polar surface area (TPSA) is 119 Å². The minimum atomic E-state index is -1.09. The molecule has 7 heteroatoms. The average Bonchev–Trinajstić information content (AvgIpc) is 2.81. The van der Waals surface area contributed by atoms with Gasteiger partial charge in [0.25, 0.3) is 0 Å². The molecule has 0 saturated heterocycles. The number of unbranched alkanes of at least 4 members (excludes halogenated alkanes) is 10. The van der Waals surface area contributed by atoms with Gasteiger partial charge in [-0.3, -0.25) is 9.59 Å². The maximum atomic E-state index is 12.0. The van der Waals surface area contributed by atoms with Crippen LogP contribution in [0.3, 0.4) is 0 Å². The molecule has 1 aromatic carbocycles. The van der Waals surface area contributed by atoms with Crippen LogP contribution in [-0.4, -0.2) is 47.5 Å². The number of esters is 2. The molecule has 0 spiro atoms. The minimum Gasteiger partial charge on any atom is -0.508 e. The van der Waals surface area contributed by atoms with Crippen molar-refractivity contribution in [2.75, 3.05) is 13.2 Å². The summed E-state index contributed by atoms with van der Waals surface area (Å²) in [5.74, 6) is -0.856. The molecule has 0 aromatic heterocycles. The van der Waals surface area contributed by atoms with Crippen LogP contribution in [-0.2, 0) is 25.5 Å². The van der Waals surface area contributed by atoms with Gasteiger partial charge in [0.2, 0.25) is 0 Å². The summed E-state index contributed by atoms with van der Waals surface area (Å²) in [7, 11) is 0. The van der Waals surface area contributed by atoms with Crippen LogP contribution in [0.5, 0.6) is 5.75 Å². The van der Waals surface area contributed by atoms with E-state index in [1.54, 1.807) is 12.1 Å². The third-order valence-electron chi connectivity index (χ3n) is 5.53. The number of hydrogen-bond donors (Lipinski definition) is 3. The van der Waals surface area contributed by atoms with Gasteiger partial charge in [0.05, 0.1) is 0 Å². The summed E-state index contributed by atoms with van der Waals surface area (Å²) >= 11 is 0. The van der Waals surface area contributed by atoms with E-state index in [-0.39, 0.29) is 31.4 Å².